The van der Waals surface area contributed by atoms with Crippen molar-refractivity contribution in [2.24, 2.45) is 15.3 Å². The minimum atomic E-state index is -3.84. The standard InChI is InChI=1S/C28H23N5O6S3/c29-42(36,37)23-11-9-20(10-12-23)31-26(34)18-39-24-8-2-1-5-19(24)15-25-27(35)33(17-21-6-3-13-38-21)28(41-25)32-30-16-22-7-4-14-40-22/h1-16H,17-18H2,(H,31,34)(H2,29,36,37)/b25-15-,30-16+,32-28-. The highest BCUT2D eigenvalue weighted by Gasteiger charge is 2.34. The van der Waals surface area contributed by atoms with Gasteiger partial charge in [0.1, 0.15) is 11.5 Å². The Morgan fingerprint density at radius 1 is 1.07 bits per heavy atom. The fourth-order valence-electron chi connectivity index (χ4n) is 3.72. The van der Waals surface area contributed by atoms with Gasteiger partial charge in [0.25, 0.3) is 11.8 Å². The van der Waals surface area contributed by atoms with Crippen molar-refractivity contribution in [1.29, 1.82) is 0 Å². The van der Waals surface area contributed by atoms with E-state index in [4.69, 9.17) is 14.3 Å². The average molecular weight is 622 g/mol. The van der Waals surface area contributed by atoms with Crippen molar-refractivity contribution in [2.75, 3.05) is 11.9 Å². The number of carbonyl (C=O) groups is 2. The molecule has 3 N–H and O–H groups in total. The molecule has 11 nitrogen and oxygen atoms in total. The number of hydrogen-bond donors (Lipinski definition) is 2. The van der Waals surface area contributed by atoms with Crippen LogP contribution in [0.4, 0.5) is 5.69 Å². The van der Waals surface area contributed by atoms with Crippen molar-refractivity contribution in [2.45, 2.75) is 11.4 Å². The van der Waals surface area contributed by atoms with E-state index in [0.29, 0.717) is 32.8 Å². The molecule has 0 spiro atoms. The molecule has 2 amide bonds. The summed E-state index contributed by atoms with van der Waals surface area (Å²) >= 11 is 2.69. The van der Waals surface area contributed by atoms with Crippen LogP contribution in [-0.2, 0) is 26.2 Å². The normalized spacial score (nSPS) is 15.6. The molecule has 4 aromatic rings. The van der Waals surface area contributed by atoms with Crippen molar-refractivity contribution in [3.8, 4) is 5.75 Å². The smallest absolute Gasteiger partial charge is 0.267 e. The van der Waals surface area contributed by atoms with Gasteiger partial charge in [-0.05, 0) is 71.7 Å². The second kappa shape index (κ2) is 13.0. The number of furan rings is 1. The molecule has 0 atom stereocenters. The molecular formula is C28H23N5O6S3. The van der Waals surface area contributed by atoms with Crippen LogP contribution in [0.5, 0.6) is 5.75 Å². The molecule has 5 rings (SSSR count). The zero-order valence-electron chi connectivity index (χ0n) is 21.7. The van der Waals surface area contributed by atoms with Crippen LogP contribution in [0.1, 0.15) is 16.2 Å². The van der Waals surface area contributed by atoms with Crippen LogP contribution in [-0.4, -0.2) is 43.1 Å². The van der Waals surface area contributed by atoms with Gasteiger partial charge in [-0.2, -0.15) is 5.10 Å². The molecule has 1 aliphatic rings. The predicted molar refractivity (Wildman–Crippen MR) is 163 cm³/mol. The van der Waals surface area contributed by atoms with Gasteiger partial charge >= 0.3 is 0 Å². The number of sulfonamides is 1. The van der Waals surface area contributed by atoms with Crippen LogP contribution in [0.3, 0.4) is 0 Å². The van der Waals surface area contributed by atoms with E-state index in [9.17, 15) is 18.0 Å². The third kappa shape index (κ3) is 7.41. The van der Waals surface area contributed by atoms with Crippen LogP contribution in [0.15, 0.2) is 109 Å². The molecule has 0 unspecified atom stereocenters. The lowest BCUT2D eigenvalue weighted by Gasteiger charge is -2.12. The summed E-state index contributed by atoms with van der Waals surface area (Å²) < 4.78 is 34.1. The summed E-state index contributed by atoms with van der Waals surface area (Å²) in [6.07, 6.45) is 4.83. The molecule has 2 aromatic carbocycles. The van der Waals surface area contributed by atoms with Crippen LogP contribution in [0.2, 0.25) is 0 Å². The molecule has 0 radical (unpaired) electrons. The van der Waals surface area contributed by atoms with Gasteiger partial charge in [-0.25, -0.2) is 13.6 Å². The summed E-state index contributed by atoms with van der Waals surface area (Å²) in [6.45, 7) is -0.146. The van der Waals surface area contributed by atoms with Gasteiger partial charge in [0.15, 0.2) is 11.8 Å². The number of nitrogens with zero attached hydrogens (tertiary/aromatic N) is 3. The molecule has 14 heteroatoms. The summed E-state index contributed by atoms with van der Waals surface area (Å²) in [5.74, 6) is 0.234. The Kier molecular flexibility index (Phi) is 8.97. The number of benzene rings is 2. The van der Waals surface area contributed by atoms with Gasteiger partial charge in [-0.15, -0.1) is 16.4 Å². The molecule has 2 aromatic heterocycles. The van der Waals surface area contributed by atoms with E-state index in [1.807, 2.05) is 17.5 Å². The Morgan fingerprint density at radius 3 is 2.60 bits per heavy atom. The molecule has 0 bridgehead atoms. The molecule has 3 heterocycles. The zero-order valence-corrected chi connectivity index (χ0v) is 24.2. The fourth-order valence-corrected chi connectivity index (χ4v) is 5.74. The number of hydrogen-bond acceptors (Lipinski definition) is 10. The lowest BCUT2D eigenvalue weighted by Crippen LogP contribution is -2.28. The number of anilines is 1. The summed E-state index contributed by atoms with van der Waals surface area (Å²) in [7, 11) is -3.84. The van der Waals surface area contributed by atoms with Gasteiger partial charge in [0.05, 0.1) is 28.8 Å². The highest BCUT2D eigenvalue weighted by atomic mass is 32.2. The van der Waals surface area contributed by atoms with Crippen molar-refractivity contribution in [3.63, 3.8) is 0 Å². The number of carbonyl (C=O) groups excluding carboxylic acids is 2. The average Bonchev–Trinajstić information content (AvgIpc) is 3.73. The van der Waals surface area contributed by atoms with E-state index in [-0.39, 0.29) is 24.0 Å². The summed E-state index contributed by atoms with van der Waals surface area (Å²) in [5.41, 5.74) is 0.962. The monoisotopic (exact) mass is 621 g/mol. The Hall–Kier alpha value is -4.50. The minimum absolute atomic E-state index is 0.0664. The Morgan fingerprint density at radius 2 is 1.88 bits per heavy atom. The SMILES string of the molecule is NS(=O)(=O)c1ccc(NC(=O)COc2ccccc2/C=C2\S/C(=N\N=C\c3cccs3)N(Cc3ccco3)C2=O)cc1. The van der Waals surface area contributed by atoms with Crippen LogP contribution in [0, 0.1) is 0 Å². The van der Waals surface area contributed by atoms with Crippen molar-refractivity contribution < 1.29 is 27.2 Å². The minimum Gasteiger partial charge on any atom is -0.483 e. The van der Waals surface area contributed by atoms with Gasteiger partial charge in [0.2, 0.25) is 10.0 Å². The van der Waals surface area contributed by atoms with Crippen molar-refractivity contribution >= 4 is 68.1 Å². The maximum absolute atomic E-state index is 13.4. The molecule has 0 aliphatic carbocycles. The number of nitrogens with one attached hydrogen (secondary N) is 1. The third-order valence-electron chi connectivity index (χ3n) is 5.68. The number of ether oxygens (including phenoxy) is 1. The number of amides is 2. The Balaban J connectivity index is 1.30. The largest absolute Gasteiger partial charge is 0.483 e. The lowest BCUT2D eigenvalue weighted by molar-refractivity contribution is -0.122. The quantitative estimate of drug-likeness (QED) is 0.150. The topological polar surface area (TPSA) is 157 Å². The first-order chi connectivity index (χ1) is 20.3. The second-order valence-electron chi connectivity index (χ2n) is 8.67. The molecule has 1 saturated heterocycles. The Labute approximate surface area is 249 Å². The van der Waals surface area contributed by atoms with Gasteiger partial charge < -0.3 is 14.5 Å². The number of primary sulfonamides is 1. The number of thiophene rings is 1. The zero-order chi connectivity index (χ0) is 29.5. The van der Waals surface area contributed by atoms with E-state index < -0.39 is 15.9 Å². The van der Waals surface area contributed by atoms with Gasteiger partial charge in [0, 0.05) is 16.1 Å². The van der Waals surface area contributed by atoms with E-state index in [1.54, 1.807) is 48.7 Å². The Bertz CT molecular complexity index is 1760. The van der Waals surface area contributed by atoms with E-state index in [0.717, 1.165) is 4.88 Å². The van der Waals surface area contributed by atoms with Crippen LogP contribution in [0.25, 0.3) is 6.08 Å². The van der Waals surface area contributed by atoms with Gasteiger partial charge in [-0.1, -0.05) is 24.3 Å². The summed E-state index contributed by atoms with van der Waals surface area (Å²) in [6, 6.07) is 19.8. The number of nitrogens with two attached hydrogens (primary N) is 1. The second-order valence-corrected chi connectivity index (χ2v) is 12.2. The highest BCUT2D eigenvalue weighted by molar-refractivity contribution is 8.18. The van der Waals surface area contributed by atoms with Crippen LogP contribution < -0.4 is 15.2 Å². The number of amidine groups is 1. The van der Waals surface area contributed by atoms with Crippen LogP contribution >= 0.6 is 23.1 Å². The molecule has 1 fully saturated rings. The van der Waals surface area contributed by atoms with Gasteiger partial charge in [-0.3, -0.25) is 14.5 Å². The molecule has 1 aliphatic heterocycles. The number of rotatable bonds is 10. The van der Waals surface area contributed by atoms with Crippen molar-refractivity contribution in [3.05, 3.63) is 106 Å². The lowest BCUT2D eigenvalue weighted by atomic mass is 10.2. The van der Waals surface area contributed by atoms with E-state index in [2.05, 4.69) is 15.5 Å². The molecule has 0 saturated carbocycles. The fraction of sp³-hybridized carbons (Fsp3) is 0.0714. The maximum Gasteiger partial charge on any atom is 0.267 e. The maximum atomic E-state index is 13.4. The van der Waals surface area contributed by atoms with Crippen molar-refractivity contribution in [1.82, 2.24) is 4.90 Å². The molecule has 42 heavy (non-hydrogen) atoms. The predicted octanol–water partition coefficient (Wildman–Crippen LogP) is 4.51. The first-order valence-corrected chi connectivity index (χ1v) is 15.5. The molecule has 214 valence electrons. The summed E-state index contributed by atoms with van der Waals surface area (Å²) in [4.78, 5) is 28.7. The first kappa shape index (κ1) is 29.0. The highest BCUT2D eigenvalue weighted by Crippen LogP contribution is 2.35. The third-order valence-corrected chi connectivity index (χ3v) is 8.42. The first-order valence-electron chi connectivity index (χ1n) is 12.3. The van der Waals surface area contributed by atoms with E-state index >= 15 is 0 Å². The number of thioether (sulfide) groups is 1. The van der Waals surface area contributed by atoms with E-state index in [1.165, 1.54) is 58.5 Å². The number of para-hydroxylation sites is 1. The summed E-state index contributed by atoms with van der Waals surface area (Å²) in [5, 5.41) is 18.5. The molecular weight excluding hydrogens is 599 g/mol.